The summed E-state index contributed by atoms with van der Waals surface area (Å²) in [6.07, 6.45) is 3.58. The molecule has 0 spiro atoms. The van der Waals surface area contributed by atoms with Gasteiger partial charge in [0.2, 0.25) is 5.91 Å². The summed E-state index contributed by atoms with van der Waals surface area (Å²) in [5, 5.41) is 5.58. The van der Waals surface area contributed by atoms with E-state index in [4.69, 9.17) is 35.2 Å². The Morgan fingerprint density at radius 2 is 1.76 bits per heavy atom. The van der Waals surface area contributed by atoms with Crippen LogP contribution in [0.3, 0.4) is 0 Å². The Balaban J connectivity index is 1.07. The second-order valence-corrected chi connectivity index (χ2v) is 11.0. The zero-order valence-electron chi connectivity index (χ0n) is 25.4. The normalized spacial score (nSPS) is 13.1. The highest BCUT2D eigenvalue weighted by Crippen LogP contribution is 2.33. The number of hydrogen-bond donors (Lipinski definition) is 2. The Morgan fingerprint density at radius 1 is 0.956 bits per heavy atom. The number of aromatic nitrogens is 5. The lowest BCUT2D eigenvalue weighted by atomic mass is 9.97. The largest absolute Gasteiger partial charge is 0.424 e. The molecule has 1 aliphatic rings. The van der Waals surface area contributed by atoms with Crippen molar-refractivity contribution >= 4 is 39.9 Å². The molecule has 0 fully saturated rings. The number of carbonyl (C=O) groups is 1. The van der Waals surface area contributed by atoms with E-state index in [0.29, 0.717) is 92.7 Å². The van der Waals surface area contributed by atoms with E-state index in [0.717, 1.165) is 36.1 Å². The Labute approximate surface area is 260 Å². The van der Waals surface area contributed by atoms with Gasteiger partial charge in [0.15, 0.2) is 11.2 Å². The molecule has 5 aromatic rings. The number of rotatable bonds is 14. The summed E-state index contributed by atoms with van der Waals surface area (Å²) in [6, 6.07) is 12.0. The van der Waals surface area contributed by atoms with E-state index in [2.05, 4.69) is 40.1 Å². The lowest BCUT2D eigenvalue weighted by Gasteiger charge is -2.29. The average Bonchev–Trinajstić information content (AvgIpc) is 3.61. The van der Waals surface area contributed by atoms with Crippen molar-refractivity contribution in [2.45, 2.75) is 39.3 Å². The molecular weight excluding hydrogens is 576 g/mol. The molecular formula is C32H38N8O5. The third-order valence-corrected chi connectivity index (χ3v) is 7.76. The van der Waals surface area contributed by atoms with Gasteiger partial charge in [-0.05, 0) is 47.7 Å². The Hall–Kier alpha value is -4.59. The van der Waals surface area contributed by atoms with E-state index < -0.39 is 0 Å². The van der Waals surface area contributed by atoms with Crippen molar-refractivity contribution in [3.8, 4) is 11.3 Å². The van der Waals surface area contributed by atoms with Crippen LogP contribution in [0.4, 0.5) is 11.8 Å². The fraction of sp³-hybridized carbons (Fsp3) is 0.406. The molecule has 0 radical (unpaired) electrons. The quantitative estimate of drug-likeness (QED) is 0.175. The van der Waals surface area contributed by atoms with E-state index in [-0.39, 0.29) is 11.9 Å². The van der Waals surface area contributed by atoms with E-state index >= 15 is 0 Å². The van der Waals surface area contributed by atoms with Crippen molar-refractivity contribution in [3.05, 3.63) is 59.4 Å². The van der Waals surface area contributed by atoms with Crippen LogP contribution in [0.15, 0.2) is 47.1 Å². The van der Waals surface area contributed by atoms with Gasteiger partial charge in [-0.15, -0.1) is 0 Å². The predicted octanol–water partition coefficient (Wildman–Crippen LogP) is 3.58. The number of amides is 1. The summed E-state index contributed by atoms with van der Waals surface area (Å²) in [7, 11) is 0. The molecule has 6 rings (SSSR count). The summed E-state index contributed by atoms with van der Waals surface area (Å²) in [4.78, 5) is 27.7. The molecule has 3 aromatic heterocycles. The first kappa shape index (κ1) is 30.4. The van der Waals surface area contributed by atoms with Crippen LogP contribution >= 0.6 is 0 Å². The fourth-order valence-corrected chi connectivity index (χ4v) is 5.53. The second kappa shape index (κ2) is 14.0. The minimum absolute atomic E-state index is 0.0953. The topological polar surface area (TPSA) is 170 Å². The molecule has 236 valence electrons. The van der Waals surface area contributed by atoms with Crippen LogP contribution in [0.5, 0.6) is 0 Å². The number of carbonyl (C=O) groups excluding carboxylic acids is 1. The van der Waals surface area contributed by atoms with Gasteiger partial charge in [-0.3, -0.25) is 4.79 Å². The number of nitrogens with two attached hydrogens (primary N) is 2. The van der Waals surface area contributed by atoms with Gasteiger partial charge in [0.25, 0.3) is 6.01 Å². The lowest BCUT2D eigenvalue weighted by Crippen LogP contribution is -2.36. The van der Waals surface area contributed by atoms with Gasteiger partial charge in [-0.25, -0.2) is 14.6 Å². The number of ether oxygens (including phenoxy) is 3. The van der Waals surface area contributed by atoms with Crippen LogP contribution in [0, 0.1) is 0 Å². The Bertz CT molecular complexity index is 1780. The van der Waals surface area contributed by atoms with E-state index in [9.17, 15) is 4.79 Å². The average molecular weight is 615 g/mol. The maximum absolute atomic E-state index is 12.8. The molecule has 1 aliphatic heterocycles. The van der Waals surface area contributed by atoms with Crippen LogP contribution in [0.2, 0.25) is 0 Å². The number of hydrogen-bond acceptors (Lipinski definition) is 11. The minimum Gasteiger partial charge on any atom is -0.424 e. The van der Waals surface area contributed by atoms with Crippen LogP contribution in [0.1, 0.15) is 36.5 Å². The lowest BCUT2D eigenvalue weighted by molar-refractivity contribution is -0.133. The van der Waals surface area contributed by atoms with E-state index in [1.54, 1.807) is 0 Å². The maximum atomic E-state index is 12.8. The van der Waals surface area contributed by atoms with Crippen molar-refractivity contribution in [1.29, 1.82) is 0 Å². The molecule has 0 aliphatic carbocycles. The van der Waals surface area contributed by atoms with Crippen molar-refractivity contribution in [3.63, 3.8) is 0 Å². The van der Waals surface area contributed by atoms with Gasteiger partial charge in [-0.1, -0.05) is 25.1 Å². The fourth-order valence-electron chi connectivity index (χ4n) is 5.53. The molecule has 13 heteroatoms. The molecule has 4 heterocycles. The summed E-state index contributed by atoms with van der Waals surface area (Å²) in [5.74, 6) is 0.445. The van der Waals surface area contributed by atoms with Crippen molar-refractivity contribution in [1.82, 2.24) is 29.6 Å². The number of oxazole rings is 1. The first-order valence-electron chi connectivity index (χ1n) is 15.2. The zero-order chi connectivity index (χ0) is 31.2. The Kier molecular flexibility index (Phi) is 9.48. The molecule has 0 atom stereocenters. The number of nitrogens with zero attached hydrogens (tertiary/aromatic N) is 6. The molecule has 0 saturated heterocycles. The van der Waals surface area contributed by atoms with Gasteiger partial charge >= 0.3 is 0 Å². The number of anilines is 2. The molecule has 1 amide bonds. The second-order valence-electron chi connectivity index (χ2n) is 11.0. The van der Waals surface area contributed by atoms with Gasteiger partial charge < -0.3 is 35.0 Å². The summed E-state index contributed by atoms with van der Waals surface area (Å²) < 4.78 is 23.7. The smallest absolute Gasteiger partial charge is 0.292 e. The number of benzene rings is 2. The van der Waals surface area contributed by atoms with Crippen LogP contribution in [-0.4, -0.2) is 81.7 Å². The summed E-state index contributed by atoms with van der Waals surface area (Å²) >= 11 is 0. The molecule has 45 heavy (non-hydrogen) atoms. The number of fused-ring (bicyclic) bond motifs is 3. The highest BCUT2D eigenvalue weighted by Gasteiger charge is 2.22. The zero-order valence-corrected chi connectivity index (χ0v) is 25.4. The SMILES string of the molecule is CCCOCCOCCOCCC(=O)N1CCc2cc(Cn3nc(-c4ccc5oc(N)nc5c4)c4c(N)ncnc43)ccc2C1. The Morgan fingerprint density at radius 3 is 2.58 bits per heavy atom. The van der Waals surface area contributed by atoms with E-state index in [1.807, 2.05) is 27.8 Å². The van der Waals surface area contributed by atoms with Crippen molar-refractivity contribution in [2.75, 3.05) is 57.7 Å². The molecule has 0 unspecified atom stereocenters. The van der Waals surface area contributed by atoms with Gasteiger partial charge in [0, 0.05) is 25.3 Å². The van der Waals surface area contributed by atoms with Gasteiger partial charge in [0.05, 0.1) is 51.4 Å². The highest BCUT2D eigenvalue weighted by molar-refractivity contribution is 5.99. The molecule has 0 bridgehead atoms. The third-order valence-electron chi connectivity index (χ3n) is 7.76. The summed E-state index contributed by atoms with van der Waals surface area (Å²) in [5.41, 5.74) is 18.8. The standard InChI is InChI=1S/C32H38N8O5/c1-2-10-42-12-14-44-15-13-43-11-8-27(41)39-9-7-22-16-21(3-4-24(22)19-39)18-40-31-28(30(33)35-20-36-31)29(38-40)23-5-6-26-25(17-23)37-32(34)45-26/h3-6,16-17,20H,2,7-15,18-19H2,1H3,(H2,34,37)(H2,33,35,36). The third kappa shape index (κ3) is 7.06. The molecule has 13 nitrogen and oxygen atoms in total. The van der Waals surface area contributed by atoms with E-state index in [1.165, 1.54) is 11.9 Å². The van der Waals surface area contributed by atoms with Gasteiger partial charge in [0.1, 0.15) is 23.4 Å². The molecule has 0 saturated carbocycles. The number of nitrogen functional groups attached to an aromatic ring is 2. The molecule has 2 aromatic carbocycles. The van der Waals surface area contributed by atoms with Gasteiger partial charge in [-0.2, -0.15) is 10.1 Å². The molecule has 4 N–H and O–H groups in total. The van der Waals surface area contributed by atoms with Crippen molar-refractivity contribution in [2.24, 2.45) is 0 Å². The highest BCUT2D eigenvalue weighted by atomic mass is 16.5. The van der Waals surface area contributed by atoms with Crippen LogP contribution in [0.25, 0.3) is 33.4 Å². The predicted molar refractivity (Wildman–Crippen MR) is 169 cm³/mol. The van der Waals surface area contributed by atoms with Crippen LogP contribution in [-0.2, 0) is 38.5 Å². The summed E-state index contributed by atoms with van der Waals surface area (Å²) in [6.45, 7) is 7.06. The van der Waals surface area contributed by atoms with Crippen molar-refractivity contribution < 1.29 is 23.4 Å². The first-order chi connectivity index (χ1) is 22.0. The minimum atomic E-state index is 0.0953. The maximum Gasteiger partial charge on any atom is 0.292 e. The monoisotopic (exact) mass is 614 g/mol. The first-order valence-corrected chi connectivity index (χ1v) is 15.2. The van der Waals surface area contributed by atoms with Crippen LogP contribution < -0.4 is 11.5 Å².